The third kappa shape index (κ3) is 4.50. The molecule has 0 amide bonds. The van der Waals surface area contributed by atoms with E-state index in [0.29, 0.717) is 28.7 Å². The standard InChI is InChI=1S/C39H53ClO4/c1-24-16-21-39(34(42)43)23-22-37(6)28(33(39)25(24)2)13-14-30-36(5)19-18-31(35(3,4)29(36)17-20-38(30,37)7)44-32(41)15-10-26-8-11-27(40)12-9-26/h8-13,15,24-25,29-31,33H,14,16-23H2,1-7H3,(H,42,43)/b15-10+/t24-,25+,29?,30?,31+,33?,36+,37-,38-,39+/m1/s1. The molecular formula is C39H53ClO4. The highest BCUT2D eigenvalue weighted by Crippen LogP contribution is 2.75. The van der Waals surface area contributed by atoms with E-state index in [1.54, 1.807) is 12.2 Å². The van der Waals surface area contributed by atoms with Gasteiger partial charge in [-0.1, -0.05) is 83.8 Å². The van der Waals surface area contributed by atoms with E-state index in [4.69, 9.17) is 16.3 Å². The van der Waals surface area contributed by atoms with E-state index in [9.17, 15) is 14.7 Å². The van der Waals surface area contributed by atoms with Gasteiger partial charge in [-0.2, -0.15) is 0 Å². The molecular weight excluding hydrogens is 568 g/mol. The molecule has 5 heteroatoms. The van der Waals surface area contributed by atoms with Gasteiger partial charge in [0.25, 0.3) is 0 Å². The van der Waals surface area contributed by atoms with Gasteiger partial charge in [0.1, 0.15) is 6.10 Å². The van der Waals surface area contributed by atoms with Crippen LogP contribution in [0.1, 0.15) is 112 Å². The molecule has 0 spiro atoms. The zero-order valence-corrected chi connectivity index (χ0v) is 28.7. The number of ether oxygens (including phenoxy) is 1. The van der Waals surface area contributed by atoms with Crippen LogP contribution in [0.3, 0.4) is 0 Å². The molecule has 1 N–H and O–H groups in total. The highest BCUT2D eigenvalue weighted by atomic mass is 35.5. The van der Waals surface area contributed by atoms with Crippen LogP contribution in [-0.4, -0.2) is 23.1 Å². The first kappa shape index (κ1) is 31.9. The lowest BCUT2D eigenvalue weighted by atomic mass is 9.33. The molecule has 44 heavy (non-hydrogen) atoms. The lowest BCUT2D eigenvalue weighted by Gasteiger charge is -2.71. The second-order valence-corrected chi connectivity index (χ2v) is 17.2. The first-order valence-corrected chi connectivity index (χ1v) is 17.6. The number of esters is 1. The normalized spacial score (nSPS) is 44.4. The molecule has 3 unspecified atom stereocenters. The summed E-state index contributed by atoms with van der Waals surface area (Å²) in [6.07, 6.45) is 14.6. The van der Waals surface area contributed by atoms with Crippen molar-refractivity contribution in [2.45, 2.75) is 112 Å². The highest BCUT2D eigenvalue weighted by Gasteiger charge is 2.69. The SMILES string of the molecule is C[C@@H]1CC[C@]2(C(=O)O)CC[C@]3(C)C(=CCC4[C@@]5(C)CC[C@H](OC(=O)/C=C/c6ccc(Cl)cc6)C(C)(C)C5CC[C@]43C)C2[C@H]1C. The zero-order chi connectivity index (χ0) is 31.9. The molecule has 4 nitrogen and oxygen atoms in total. The number of hydrogen-bond acceptors (Lipinski definition) is 3. The number of allylic oxidation sites excluding steroid dienone is 2. The van der Waals surface area contributed by atoms with Crippen LogP contribution >= 0.6 is 11.6 Å². The minimum atomic E-state index is -0.604. The molecule has 5 aliphatic carbocycles. The third-order valence-electron chi connectivity index (χ3n) is 14.9. The predicted molar refractivity (Wildman–Crippen MR) is 177 cm³/mol. The van der Waals surface area contributed by atoms with E-state index in [2.05, 4.69) is 54.5 Å². The maximum Gasteiger partial charge on any atom is 0.331 e. The van der Waals surface area contributed by atoms with Crippen molar-refractivity contribution in [2.75, 3.05) is 0 Å². The fraction of sp³-hybridized carbons (Fsp3) is 0.692. The fourth-order valence-electron chi connectivity index (χ4n) is 12.0. The minimum absolute atomic E-state index is 0.0127. The predicted octanol–water partition coefficient (Wildman–Crippen LogP) is 10.0. The van der Waals surface area contributed by atoms with Crippen LogP contribution in [0.4, 0.5) is 0 Å². The van der Waals surface area contributed by atoms with Crippen molar-refractivity contribution >= 4 is 29.6 Å². The first-order chi connectivity index (χ1) is 20.6. The van der Waals surface area contributed by atoms with Crippen LogP contribution in [0, 0.1) is 56.7 Å². The van der Waals surface area contributed by atoms with Gasteiger partial charge in [0, 0.05) is 16.5 Å². The Kier molecular flexibility index (Phi) is 7.79. The van der Waals surface area contributed by atoms with Gasteiger partial charge in [-0.15, -0.1) is 0 Å². The molecule has 1 aromatic rings. The summed E-state index contributed by atoms with van der Waals surface area (Å²) >= 11 is 6.01. The minimum Gasteiger partial charge on any atom is -0.481 e. The fourth-order valence-corrected chi connectivity index (χ4v) is 12.1. The maximum absolute atomic E-state index is 13.0. The molecule has 0 aromatic heterocycles. The Bertz CT molecular complexity index is 1380. The van der Waals surface area contributed by atoms with Crippen LogP contribution < -0.4 is 0 Å². The van der Waals surface area contributed by atoms with Crippen LogP contribution in [0.5, 0.6) is 0 Å². The van der Waals surface area contributed by atoms with E-state index in [0.717, 1.165) is 63.4 Å². The number of halogens is 1. The molecule has 6 rings (SSSR count). The summed E-state index contributed by atoms with van der Waals surface area (Å²) in [7, 11) is 0. The van der Waals surface area contributed by atoms with Gasteiger partial charge in [0.15, 0.2) is 0 Å². The van der Waals surface area contributed by atoms with Crippen LogP contribution in [0.2, 0.25) is 5.02 Å². The van der Waals surface area contributed by atoms with Crippen LogP contribution in [-0.2, 0) is 14.3 Å². The third-order valence-corrected chi connectivity index (χ3v) is 15.1. The van der Waals surface area contributed by atoms with Gasteiger partial charge in [-0.25, -0.2) is 4.79 Å². The number of carbonyl (C=O) groups excluding carboxylic acids is 1. The molecule has 0 heterocycles. The second kappa shape index (κ2) is 10.7. The van der Waals surface area contributed by atoms with Crippen molar-refractivity contribution in [3.8, 4) is 0 Å². The van der Waals surface area contributed by atoms with E-state index < -0.39 is 11.4 Å². The average Bonchev–Trinajstić information content (AvgIpc) is 2.96. The molecule has 0 aliphatic heterocycles. The number of carboxylic acids is 1. The molecule has 240 valence electrons. The summed E-state index contributed by atoms with van der Waals surface area (Å²) < 4.78 is 6.21. The molecule has 0 bridgehead atoms. The van der Waals surface area contributed by atoms with E-state index >= 15 is 0 Å². The average molecular weight is 621 g/mol. The van der Waals surface area contributed by atoms with E-state index in [1.165, 1.54) is 5.57 Å². The van der Waals surface area contributed by atoms with E-state index in [-0.39, 0.29) is 39.7 Å². The molecule has 4 fully saturated rings. The Morgan fingerprint density at radius 1 is 0.909 bits per heavy atom. The summed E-state index contributed by atoms with van der Waals surface area (Å²) in [6.45, 7) is 17.0. The maximum atomic E-state index is 13.0. The molecule has 5 aliphatic rings. The summed E-state index contributed by atoms with van der Waals surface area (Å²) in [5.41, 5.74) is 1.94. The van der Waals surface area contributed by atoms with Crippen molar-refractivity contribution in [1.29, 1.82) is 0 Å². The Morgan fingerprint density at radius 2 is 1.61 bits per heavy atom. The molecule has 4 saturated carbocycles. The largest absolute Gasteiger partial charge is 0.481 e. The quantitative estimate of drug-likeness (QED) is 0.207. The monoisotopic (exact) mass is 620 g/mol. The number of aliphatic carboxylic acids is 1. The Hall–Kier alpha value is -2.07. The number of carbonyl (C=O) groups is 2. The van der Waals surface area contributed by atoms with Gasteiger partial charge < -0.3 is 9.84 Å². The first-order valence-electron chi connectivity index (χ1n) is 17.2. The summed E-state index contributed by atoms with van der Waals surface area (Å²) in [5.74, 6) is 1.21. The Labute approximate surface area is 270 Å². The van der Waals surface area contributed by atoms with Gasteiger partial charge in [-0.05, 0) is 127 Å². The summed E-state index contributed by atoms with van der Waals surface area (Å²) in [4.78, 5) is 26.0. The molecule has 10 atom stereocenters. The van der Waals surface area contributed by atoms with Crippen LogP contribution in [0.15, 0.2) is 42.0 Å². The molecule has 0 radical (unpaired) electrons. The highest BCUT2D eigenvalue weighted by molar-refractivity contribution is 6.30. The van der Waals surface area contributed by atoms with Gasteiger partial charge >= 0.3 is 11.9 Å². The second-order valence-electron chi connectivity index (χ2n) is 16.8. The number of rotatable bonds is 4. The number of hydrogen-bond donors (Lipinski definition) is 1. The van der Waals surface area contributed by atoms with Crippen molar-refractivity contribution in [3.63, 3.8) is 0 Å². The van der Waals surface area contributed by atoms with Crippen LogP contribution in [0.25, 0.3) is 6.08 Å². The van der Waals surface area contributed by atoms with Crippen molar-refractivity contribution < 1.29 is 19.4 Å². The topological polar surface area (TPSA) is 63.6 Å². The van der Waals surface area contributed by atoms with Crippen molar-refractivity contribution in [2.24, 2.45) is 56.7 Å². The molecule has 1 aromatic carbocycles. The lowest BCUT2D eigenvalue weighted by molar-refractivity contribution is -0.213. The van der Waals surface area contributed by atoms with Gasteiger partial charge in [0.2, 0.25) is 0 Å². The summed E-state index contributed by atoms with van der Waals surface area (Å²) in [5, 5.41) is 11.3. The van der Waals surface area contributed by atoms with Crippen molar-refractivity contribution in [3.05, 3.63) is 52.6 Å². The zero-order valence-electron chi connectivity index (χ0n) is 27.9. The molecule has 0 saturated heterocycles. The number of carboxylic acid groups (broad SMARTS) is 1. The van der Waals surface area contributed by atoms with Gasteiger partial charge in [0.05, 0.1) is 5.41 Å². The number of benzene rings is 1. The lowest BCUT2D eigenvalue weighted by Crippen LogP contribution is -2.65. The number of fused-ring (bicyclic) bond motifs is 7. The summed E-state index contributed by atoms with van der Waals surface area (Å²) in [6, 6.07) is 7.44. The Morgan fingerprint density at radius 3 is 2.30 bits per heavy atom. The van der Waals surface area contributed by atoms with E-state index in [1.807, 2.05) is 24.3 Å². The smallest absolute Gasteiger partial charge is 0.331 e. The Balaban J connectivity index is 1.27. The van der Waals surface area contributed by atoms with Crippen molar-refractivity contribution in [1.82, 2.24) is 0 Å². The van der Waals surface area contributed by atoms with Gasteiger partial charge in [-0.3, -0.25) is 4.79 Å².